The van der Waals surface area contributed by atoms with Crippen LogP contribution in [-0.4, -0.2) is 15.0 Å². The minimum atomic E-state index is -0.226. The zero-order valence-corrected chi connectivity index (χ0v) is 50.1. The van der Waals surface area contributed by atoms with Crippen molar-refractivity contribution in [3.63, 3.8) is 0 Å². The van der Waals surface area contributed by atoms with Gasteiger partial charge < -0.3 is 0 Å². The van der Waals surface area contributed by atoms with E-state index in [1.165, 1.54) is 105 Å². The molecular weight excluding hydrogens is 1110 g/mol. The number of hydrogen-bond acceptors (Lipinski definition) is 3. The SMILES string of the molecule is c1ccc(-c2ccc(-c3nc4cc5c(ccc6cc(-c7ccccc7)cc(-c7ccccc7)c65)cc4c4c3C3c5ccccc5C4c4c(-c5ccc(-c6ccccc6)cc5)nc5nc6c(ccc7cc(-c8ccccc8)cc(-c8ccccc8)c76)cc5c43)cc2)cc1. The van der Waals surface area contributed by atoms with Crippen LogP contribution in [0.3, 0.4) is 0 Å². The topological polar surface area (TPSA) is 38.7 Å². The Bertz CT molecular complexity index is 5450. The summed E-state index contributed by atoms with van der Waals surface area (Å²) < 4.78 is 0. The van der Waals surface area contributed by atoms with Gasteiger partial charge >= 0.3 is 0 Å². The van der Waals surface area contributed by atoms with E-state index in [1.54, 1.807) is 0 Å². The molecule has 20 rings (SSSR count). The largest absolute Gasteiger partial charge is 0.247 e. The molecule has 0 amide bonds. The van der Waals surface area contributed by atoms with Crippen LogP contribution in [0.2, 0.25) is 0 Å². The lowest BCUT2D eigenvalue weighted by Crippen LogP contribution is -2.30. The van der Waals surface area contributed by atoms with Crippen LogP contribution >= 0.6 is 0 Å². The number of aromatic nitrogens is 3. The second kappa shape index (κ2) is 20.9. The fourth-order valence-corrected chi connectivity index (χ4v) is 15.6. The lowest BCUT2D eigenvalue weighted by atomic mass is 9.58. The first-order valence-electron chi connectivity index (χ1n) is 31.9. The van der Waals surface area contributed by atoms with Gasteiger partial charge in [-0.15, -0.1) is 0 Å². The molecule has 14 aromatic carbocycles. The summed E-state index contributed by atoms with van der Waals surface area (Å²) in [6.07, 6.45) is 0. The van der Waals surface area contributed by atoms with Crippen molar-refractivity contribution >= 4 is 65.2 Å². The van der Waals surface area contributed by atoms with Crippen molar-refractivity contribution in [3.8, 4) is 89.3 Å². The number of nitrogens with zero attached hydrogens (tertiary/aromatic N) is 3. The molecule has 0 fully saturated rings. The highest BCUT2D eigenvalue weighted by Gasteiger charge is 2.47. The van der Waals surface area contributed by atoms with Crippen LogP contribution in [-0.2, 0) is 0 Å². The van der Waals surface area contributed by atoms with Gasteiger partial charge in [-0.05, 0) is 170 Å². The monoisotopic (exact) mass is 1170 g/mol. The van der Waals surface area contributed by atoms with Gasteiger partial charge in [-0.25, -0.2) is 15.0 Å². The van der Waals surface area contributed by atoms with E-state index < -0.39 is 0 Å². The normalized spacial score (nSPS) is 13.9. The average molecular weight is 1170 g/mol. The van der Waals surface area contributed by atoms with Crippen LogP contribution in [0.5, 0.6) is 0 Å². The van der Waals surface area contributed by atoms with Crippen molar-refractivity contribution in [3.05, 3.63) is 355 Å². The van der Waals surface area contributed by atoms with Gasteiger partial charge in [0.05, 0.1) is 22.4 Å². The molecule has 92 heavy (non-hydrogen) atoms. The number of benzene rings is 14. The highest BCUT2D eigenvalue weighted by Crippen LogP contribution is 2.62. The molecule has 426 valence electrons. The summed E-state index contributed by atoms with van der Waals surface area (Å²) in [7, 11) is 0. The molecule has 2 bridgehead atoms. The first-order chi connectivity index (χ1) is 45.6. The highest BCUT2D eigenvalue weighted by molar-refractivity contribution is 6.20. The minimum absolute atomic E-state index is 0.214. The smallest absolute Gasteiger partial charge is 0.160 e. The second-order valence-corrected chi connectivity index (χ2v) is 24.8. The third-order valence-corrected chi connectivity index (χ3v) is 19.7. The molecule has 2 unspecified atom stereocenters. The summed E-state index contributed by atoms with van der Waals surface area (Å²) >= 11 is 0. The van der Waals surface area contributed by atoms with E-state index in [4.69, 9.17) is 15.0 Å². The molecule has 0 spiro atoms. The molecular formula is C89H55N3. The fraction of sp³-hybridized carbons (Fsp3) is 0.0225. The molecule has 2 atom stereocenters. The van der Waals surface area contributed by atoms with Gasteiger partial charge in [-0.3, -0.25) is 0 Å². The lowest BCUT2D eigenvalue weighted by Gasteiger charge is -2.44. The predicted molar refractivity (Wildman–Crippen MR) is 383 cm³/mol. The average Bonchev–Trinajstić information content (AvgIpc) is 0.674. The summed E-state index contributed by atoms with van der Waals surface area (Å²) in [6.45, 7) is 0. The second-order valence-electron chi connectivity index (χ2n) is 24.8. The molecule has 0 N–H and O–H groups in total. The maximum Gasteiger partial charge on any atom is 0.160 e. The van der Waals surface area contributed by atoms with Gasteiger partial charge in [0.1, 0.15) is 0 Å². The van der Waals surface area contributed by atoms with E-state index >= 15 is 0 Å². The van der Waals surface area contributed by atoms with Crippen molar-refractivity contribution in [2.24, 2.45) is 0 Å². The van der Waals surface area contributed by atoms with E-state index in [9.17, 15) is 0 Å². The number of pyridine rings is 3. The lowest BCUT2D eigenvalue weighted by molar-refractivity contribution is 0.763. The van der Waals surface area contributed by atoms with Crippen LogP contribution in [0.15, 0.2) is 322 Å². The quantitative estimate of drug-likeness (QED) is 0.112. The van der Waals surface area contributed by atoms with Crippen LogP contribution in [0.25, 0.3) is 154 Å². The highest BCUT2D eigenvalue weighted by atomic mass is 14.9. The van der Waals surface area contributed by atoms with Gasteiger partial charge in [0, 0.05) is 44.5 Å². The van der Waals surface area contributed by atoms with E-state index in [0.717, 1.165) is 82.8 Å². The van der Waals surface area contributed by atoms with Crippen molar-refractivity contribution in [2.75, 3.05) is 0 Å². The molecule has 3 aromatic heterocycles. The van der Waals surface area contributed by atoms with Crippen molar-refractivity contribution in [1.82, 2.24) is 15.0 Å². The Morgan fingerprint density at radius 1 is 0.217 bits per heavy atom. The summed E-state index contributed by atoms with van der Waals surface area (Å²) in [5, 5.41) is 10.3. The predicted octanol–water partition coefficient (Wildman–Crippen LogP) is 23.1. The molecule has 0 saturated carbocycles. The molecule has 17 aromatic rings. The molecule has 3 aliphatic carbocycles. The Hall–Kier alpha value is -11.9. The zero-order valence-electron chi connectivity index (χ0n) is 50.1. The summed E-state index contributed by atoms with van der Waals surface area (Å²) in [5.41, 5.74) is 28.4. The minimum Gasteiger partial charge on any atom is -0.247 e. The standard InChI is InChI=1S/C89H55N3/c1-7-21-54(22-8-1)58-35-39-62(40-36-58)86-84-81-71-34-20-19-33-70(71)80(82(84)75-49-64-43-44-65-47-68(56-25-11-3-12-26-56)51-72(60-29-15-5-16-30-60)78(65)74(64)53-77(75)90-86)85-83(81)76-50-67-46-45-66-48-69(57-27-13-4-14-28-57)52-73(61-31-17-6-18-32-61)79(66)88(67)92-89(76)91-87(85)63-41-37-59(38-42-63)55-23-9-2-10-24-55/h1-53,80-81H. The van der Waals surface area contributed by atoms with E-state index in [-0.39, 0.29) is 11.8 Å². The molecule has 3 heterocycles. The molecule has 0 aliphatic heterocycles. The van der Waals surface area contributed by atoms with Crippen LogP contribution in [0.1, 0.15) is 45.2 Å². The van der Waals surface area contributed by atoms with Gasteiger partial charge in [0.2, 0.25) is 0 Å². The van der Waals surface area contributed by atoms with E-state index in [1.807, 2.05) is 0 Å². The Labute approximate surface area is 532 Å². The zero-order chi connectivity index (χ0) is 60.4. The molecule has 3 heteroatoms. The summed E-state index contributed by atoms with van der Waals surface area (Å²) in [5.74, 6) is -0.439. The van der Waals surface area contributed by atoms with Gasteiger partial charge in [0.15, 0.2) is 5.65 Å². The van der Waals surface area contributed by atoms with E-state index in [0.29, 0.717) is 0 Å². The molecule has 3 aliphatic rings. The Kier molecular flexibility index (Phi) is 11.8. The Morgan fingerprint density at radius 3 is 1.09 bits per heavy atom. The summed E-state index contributed by atoms with van der Waals surface area (Å²) in [6, 6.07) is 118. The van der Waals surface area contributed by atoms with E-state index in [2.05, 4.69) is 322 Å². The first kappa shape index (κ1) is 52.1. The van der Waals surface area contributed by atoms with Crippen LogP contribution in [0.4, 0.5) is 0 Å². The maximum atomic E-state index is 6.07. The van der Waals surface area contributed by atoms with Crippen LogP contribution in [0, 0.1) is 0 Å². The molecule has 0 saturated heterocycles. The molecule has 0 radical (unpaired) electrons. The van der Waals surface area contributed by atoms with Gasteiger partial charge in [0.25, 0.3) is 0 Å². The third-order valence-electron chi connectivity index (χ3n) is 19.7. The first-order valence-corrected chi connectivity index (χ1v) is 31.9. The summed E-state index contributed by atoms with van der Waals surface area (Å²) in [4.78, 5) is 17.9. The van der Waals surface area contributed by atoms with Crippen molar-refractivity contribution in [1.29, 1.82) is 0 Å². The number of hydrogen-bond donors (Lipinski definition) is 0. The van der Waals surface area contributed by atoms with Gasteiger partial charge in [-0.2, -0.15) is 0 Å². The Morgan fingerprint density at radius 2 is 0.587 bits per heavy atom. The molecule has 3 nitrogen and oxygen atoms in total. The van der Waals surface area contributed by atoms with Crippen LogP contribution < -0.4 is 0 Å². The fourth-order valence-electron chi connectivity index (χ4n) is 15.6. The third kappa shape index (κ3) is 8.26. The van der Waals surface area contributed by atoms with Crippen molar-refractivity contribution < 1.29 is 0 Å². The van der Waals surface area contributed by atoms with Crippen molar-refractivity contribution in [2.45, 2.75) is 11.8 Å². The number of rotatable bonds is 8. The van der Waals surface area contributed by atoms with Gasteiger partial charge in [-0.1, -0.05) is 279 Å². The maximum absolute atomic E-state index is 6.07. The number of fused-ring (bicyclic) bond motifs is 8. The Balaban J connectivity index is 0.918.